The molecule has 0 aliphatic rings. The molecule has 0 fully saturated rings. The van der Waals surface area contributed by atoms with Gasteiger partial charge in [0.1, 0.15) is 0 Å². The monoisotopic (exact) mass is 287 g/mol. The summed E-state index contributed by atoms with van der Waals surface area (Å²) in [5.74, 6) is 0.114. The van der Waals surface area contributed by atoms with Crippen LogP contribution in [0.5, 0.6) is 0 Å². The molecule has 0 heterocycles. The first-order valence-electron chi connectivity index (χ1n) is 6.20. The van der Waals surface area contributed by atoms with Gasteiger partial charge in [0.25, 0.3) is 0 Å². The number of nitrogens with one attached hydrogen (secondary N) is 1. The fraction of sp³-hybridized carbons (Fsp3) is 0.500. The van der Waals surface area contributed by atoms with Crippen LogP contribution in [-0.4, -0.2) is 31.6 Å². The molecule has 1 aromatic carbocycles. The summed E-state index contributed by atoms with van der Waals surface area (Å²) >= 11 is 5.99. The van der Waals surface area contributed by atoms with Gasteiger partial charge in [-0.05, 0) is 0 Å². The van der Waals surface area contributed by atoms with Crippen molar-refractivity contribution in [3.8, 4) is 0 Å². The van der Waals surface area contributed by atoms with Crippen molar-refractivity contribution < 1.29 is 4.79 Å². The van der Waals surface area contributed by atoms with E-state index in [0.717, 1.165) is 16.8 Å². The molecule has 0 spiro atoms. The first kappa shape index (κ1) is 15.5. The summed E-state index contributed by atoms with van der Waals surface area (Å²) in [7, 11) is -1.46. The zero-order valence-corrected chi connectivity index (χ0v) is 13.8. The van der Waals surface area contributed by atoms with Crippen LogP contribution in [0.1, 0.15) is 18.1 Å². The Balaban J connectivity index is 2.96. The van der Waals surface area contributed by atoms with E-state index >= 15 is 0 Å². The van der Waals surface area contributed by atoms with Crippen molar-refractivity contribution in [3.05, 3.63) is 28.3 Å². The molecule has 0 saturated carbocycles. The van der Waals surface area contributed by atoms with Crippen LogP contribution in [0.2, 0.25) is 5.02 Å². The van der Waals surface area contributed by atoms with Gasteiger partial charge in [-0.2, -0.15) is 0 Å². The fourth-order valence-corrected chi connectivity index (χ4v) is 2.92. The quantitative estimate of drug-likeness (QED) is 0.839. The molecular formula is C14H23ClNOP. The molecule has 0 bridgehead atoms. The molecule has 0 aliphatic carbocycles. The summed E-state index contributed by atoms with van der Waals surface area (Å²) in [4.78, 5) is 12.2. The standard InChI is InChI=1S/C14H23ClNOP/c1-9-7-12(15)8-10(2)13(9)16-14(17)11(3)18(4,5)6/h7-8,11,18H,1-6H3,(H,16,17). The predicted molar refractivity (Wildman–Crippen MR) is 85.1 cm³/mol. The van der Waals surface area contributed by atoms with Crippen LogP contribution in [0.4, 0.5) is 5.69 Å². The van der Waals surface area contributed by atoms with Gasteiger partial charge in [-0.1, -0.05) is 0 Å². The molecule has 1 atom stereocenters. The summed E-state index contributed by atoms with van der Waals surface area (Å²) in [5, 5.41) is 3.76. The number of aryl methyl sites for hydroxylation is 2. The second-order valence-corrected chi connectivity index (χ2v) is 12.0. The van der Waals surface area contributed by atoms with E-state index in [1.807, 2.05) is 32.9 Å². The Bertz CT molecular complexity index is 442. The summed E-state index contributed by atoms with van der Waals surface area (Å²) in [5.41, 5.74) is 3.01. The van der Waals surface area contributed by atoms with Crippen LogP contribution in [0.3, 0.4) is 0 Å². The Labute approximate surface area is 115 Å². The van der Waals surface area contributed by atoms with Crippen molar-refractivity contribution >= 4 is 30.5 Å². The van der Waals surface area contributed by atoms with Crippen molar-refractivity contribution in [2.24, 2.45) is 0 Å². The van der Waals surface area contributed by atoms with Crippen molar-refractivity contribution in [2.75, 3.05) is 25.3 Å². The number of carbonyl (C=O) groups excluding carboxylic acids is 1. The Kier molecular flexibility index (Phi) is 4.80. The maximum absolute atomic E-state index is 12.2. The van der Waals surface area contributed by atoms with Crippen molar-refractivity contribution in [1.82, 2.24) is 0 Å². The number of carbonyl (C=O) groups is 1. The molecule has 0 aliphatic heterocycles. The first-order valence-corrected chi connectivity index (χ1v) is 10.2. The van der Waals surface area contributed by atoms with Crippen LogP contribution >= 0.6 is 18.9 Å². The number of amides is 1. The van der Waals surface area contributed by atoms with Crippen LogP contribution in [-0.2, 0) is 4.79 Å². The maximum atomic E-state index is 12.2. The van der Waals surface area contributed by atoms with E-state index in [4.69, 9.17) is 11.6 Å². The van der Waals surface area contributed by atoms with Gasteiger partial charge in [0, 0.05) is 0 Å². The molecule has 1 amide bonds. The molecule has 18 heavy (non-hydrogen) atoms. The van der Waals surface area contributed by atoms with Gasteiger partial charge in [0.2, 0.25) is 0 Å². The average molecular weight is 288 g/mol. The van der Waals surface area contributed by atoms with Gasteiger partial charge in [-0.15, -0.1) is 0 Å². The Morgan fingerprint density at radius 3 is 2.06 bits per heavy atom. The van der Waals surface area contributed by atoms with Gasteiger partial charge in [-0.25, -0.2) is 0 Å². The van der Waals surface area contributed by atoms with E-state index < -0.39 is 7.26 Å². The number of rotatable bonds is 3. The Morgan fingerprint density at radius 2 is 1.67 bits per heavy atom. The van der Waals surface area contributed by atoms with E-state index in [-0.39, 0.29) is 11.6 Å². The zero-order chi connectivity index (χ0) is 14.1. The molecule has 1 N–H and O–H groups in total. The molecule has 0 saturated heterocycles. The molecule has 1 rings (SSSR count). The number of anilines is 1. The Morgan fingerprint density at radius 1 is 1.22 bits per heavy atom. The third-order valence-corrected chi connectivity index (χ3v) is 6.52. The Hall–Kier alpha value is -0.590. The van der Waals surface area contributed by atoms with E-state index in [0.29, 0.717) is 5.02 Å². The number of hydrogen-bond acceptors (Lipinski definition) is 1. The first-order chi connectivity index (χ1) is 8.12. The van der Waals surface area contributed by atoms with Crippen molar-refractivity contribution in [2.45, 2.75) is 26.4 Å². The topological polar surface area (TPSA) is 29.1 Å². The van der Waals surface area contributed by atoms with Crippen LogP contribution in [0, 0.1) is 13.8 Å². The second kappa shape index (κ2) is 5.59. The van der Waals surface area contributed by atoms with E-state index in [2.05, 4.69) is 25.3 Å². The number of benzene rings is 1. The van der Waals surface area contributed by atoms with Crippen LogP contribution in [0.15, 0.2) is 12.1 Å². The summed E-state index contributed by atoms with van der Waals surface area (Å²) < 4.78 is 0. The van der Waals surface area contributed by atoms with Gasteiger partial charge in [0.15, 0.2) is 0 Å². The van der Waals surface area contributed by atoms with E-state index in [1.54, 1.807) is 0 Å². The molecule has 102 valence electrons. The minimum absolute atomic E-state index is 0.0898. The van der Waals surface area contributed by atoms with Gasteiger partial charge in [-0.3, -0.25) is 0 Å². The normalized spacial score (nSPS) is 14.2. The fourth-order valence-electron chi connectivity index (χ4n) is 1.73. The zero-order valence-electron chi connectivity index (χ0n) is 12.0. The SMILES string of the molecule is Cc1cc(Cl)cc(C)c1NC(=O)C(C)[PH](C)(C)C. The molecular weight excluding hydrogens is 265 g/mol. The molecule has 1 aromatic rings. The van der Waals surface area contributed by atoms with Gasteiger partial charge in [0.05, 0.1) is 0 Å². The van der Waals surface area contributed by atoms with Crippen molar-refractivity contribution in [3.63, 3.8) is 0 Å². The molecule has 2 nitrogen and oxygen atoms in total. The third kappa shape index (κ3) is 3.70. The second-order valence-electron chi connectivity index (χ2n) is 5.99. The molecule has 0 aromatic heterocycles. The van der Waals surface area contributed by atoms with Crippen LogP contribution < -0.4 is 5.32 Å². The summed E-state index contributed by atoms with van der Waals surface area (Å²) in [6, 6.07) is 3.76. The van der Waals surface area contributed by atoms with Crippen molar-refractivity contribution in [1.29, 1.82) is 0 Å². The summed E-state index contributed by atoms with van der Waals surface area (Å²) in [6.07, 6.45) is 0. The van der Waals surface area contributed by atoms with Gasteiger partial charge < -0.3 is 0 Å². The minimum atomic E-state index is -1.46. The number of halogens is 1. The predicted octanol–water partition coefficient (Wildman–Crippen LogP) is 3.92. The van der Waals surface area contributed by atoms with Gasteiger partial charge >= 0.3 is 115 Å². The molecule has 1 unspecified atom stereocenters. The van der Waals surface area contributed by atoms with E-state index in [1.165, 1.54) is 0 Å². The molecule has 0 radical (unpaired) electrons. The van der Waals surface area contributed by atoms with E-state index in [9.17, 15) is 4.79 Å². The summed E-state index contributed by atoms with van der Waals surface area (Å²) in [6.45, 7) is 12.6. The average Bonchev–Trinajstić information content (AvgIpc) is 2.20. The number of hydrogen-bond donors (Lipinski definition) is 1. The molecule has 4 heteroatoms. The third-order valence-electron chi connectivity index (χ3n) is 3.44. The van der Waals surface area contributed by atoms with Crippen LogP contribution in [0.25, 0.3) is 0 Å².